The van der Waals surface area contributed by atoms with Crippen molar-refractivity contribution in [3.63, 3.8) is 0 Å². The largest absolute Gasteiger partial charge is 0.448 e. The highest BCUT2D eigenvalue weighted by molar-refractivity contribution is 5.43. The highest BCUT2D eigenvalue weighted by atomic mass is 19.4. The van der Waals surface area contributed by atoms with Crippen LogP contribution in [-0.4, -0.2) is 4.98 Å². The topological polar surface area (TPSA) is 26.0 Å². The van der Waals surface area contributed by atoms with E-state index >= 15 is 0 Å². The van der Waals surface area contributed by atoms with Gasteiger partial charge >= 0.3 is 6.18 Å². The van der Waals surface area contributed by atoms with Gasteiger partial charge in [-0.25, -0.2) is 4.98 Å². The highest BCUT2D eigenvalue weighted by Gasteiger charge is 2.35. The van der Waals surface area contributed by atoms with Crippen molar-refractivity contribution in [2.45, 2.75) is 26.9 Å². The zero-order valence-electron chi connectivity index (χ0n) is 11.5. The van der Waals surface area contributed by atoms with E-state index in [2.05, 4.69) is 4.98 Å². The summed E-state index contributed by atoms with van der Waals surface area (Å²) in [5.74, 6) is 0.991. The van der Waals surface area contributed by atoms with Crippen LogP contribution in [0.1, 0.15) is 37.8 Å². The fourth-order valence-corrected chi connectivity index (χ4v) is 2.08. The summed E-state index contributed by atoms with van der Waals surface area (Å²) in [6.45, 7) is 5.73. The molecular weight excluding hydrogens is 267 g/mol. The zero-order chi connectivity index (χ0) is 15.0. The fourth-order valence-electron chi connectivity index (χ4n) is 2.08. The molecule has 0 saturated heterocycles. The summed E-state index contributed by atoms with van der Waals surface area (Å²) in [6, 6.07) is 5.22. The molecule has 1 radical (unpaired) electrons. The van der Waals surface area contributed by atoms with Crippen molar-refractivity contribution in [2.24, 2.45) is 5.41 Å². The predicted octanol–water partition coefficient (Wildman–Crippen LogP) is 4.71. The average molecular weight is 282 g/mol. The molecule has 2 nitrogen and oxygen atoms in total. The Labute approximate surface area is 115 Å². The van der Waals surface area contributed by atoms with Crippen LogP contribution in [0.2, 0.25) is 0 Å². The van der Waals surface area contributed by atoms with Gasteiger partial charge in [-0.15, -0.1) is 0 Å². The van der Waals surface area contributed by atoms with Crippen molar-refractivity contribution >= 4 is 0 Å². The van der Waals surface area contributed by atoms with Crippen LogP contribution in [0.4, 0.5) is 13.2 Å². The Morgan fingerprint density at radius 3 is 2.35 bits per heavy atom. The molecule has 0 aliphatic heterocycles. The van der Waals surface area contributed by atoms with Crippen LogP contribution in [0.25, 0.3) is 0 Å². The second-order valence-corrected chi connectivity index (χ2v) is 5.54. The van der Waals surface area contributed by atoms with Gasteiger partial charge in [0.05, 0.1) is 17.7 Å². The summed E-state index contributed by atoms with van der Waals surface area (Å²) < 4.78 is 43.7. The number of hydrogen-bond acceptors (Lipinski definition) is 2. The number of oxazole rings is 1. The van der Waals surface area contributed by atoms with Crippen LogP contribution in [0.3, 0.4) is 0 Å². The third kappa shape index (κ3) is 3.03. The molecule has 0 N–H and O–H groups in total. The maximum atomic E-state index is 12.8. The molecule has 0 amide bonds. The minimum Gasteiger partial charge on any atom is -0.448 e. The summed E-state index contributed by atoms with van der Waals surface area (Å²) in [6.07, 6.45) is -1.47. The lowest BCUT2D eigenvalue weighted by molar-refractivity contribution is -0.137. The van der Waals surface area contributed by atoms with Crippen LogP contribution in [0.15, 0.2) is 41.1 Å². The van der Waals surface area contributed by atoms with E-state index in [9.17, 15) is 13.2 Å². The molecule has 5 heteroatoms. The molecule has 0 atom stereocenters. The lowest BCUT2D eigenvalue weighted by Crippen LogP contribution is -2.21. The van der Waals surface area contributed by atoms with Crippen molar-refractivity contribution in [1.82, 2.24) is 4.98 Å². The molecule has 0 bridgehead atoms. The number of benzene rings is 1. The molecule has 1 aromatic carbocycles. The number of aromatic nitrogens is 1. The molecule has 107 valence electrons. The quantitative estimate of drug-likeness (QED) is 0.797. The monoisotopic (exact) mass is 282 g/mol. The molecule has 1 aromatic heterocycles. The van der Waals surface area contributed by atoms with E-state index in [0.29, 0.717) is 17.4 Å². The minimum atomic E-state index is -4.37. The van der Waals surface area contributed by atoms with Gasteiger partial charge in [-0.1, -0.05) is 39.0 Å². The molecule has 2 rings (SSSR count). The maximum absolute atomic E-state index is 12.8. The third-order valence-corrected chi connectivity index (χ3v) is 2.87. The lowest BCUT2D eigenvalue weighted by Gasteiger charge is -2.28. The summed E-state index contributed by atoms with van der Waals surface area (Å²) in [5.41, 5.74) is -0.604. The average Bonchev–Trinajstić information content (AvgIpc) is 2.80. The van der Waals surface area contributed by atoms with Gasteiger partial charge in [-0.2, -0.15) is 13.2 Å². The zero-order valence-corrected chi connectivity index (χ0v) is 11.5. The van der Waals surface area contributed by atoms with Gasteiger partial charge in [-0.3, -0.25) is 0 Å². The Bertz CT molecular complexity index is 568. The Balaban J connectivity index is 2.51. The summed E-state index contributed by atoms with van der Waals surface area (Å²) in [4.78, 5) is 4.07. The molecule has 0 aliphatic rings. The van der Waals surface area contributed by atoms with Gasteiger partial charge in [0.15, 0.2) is 0 Å². The molecular formula is C15H15F3NO. The van der Waals surface area contributed by atoms with E-state index in [0.717, 1.165) is 12.1 Å². The standard InChI is InChI=1S/C15H15F3NO/c1-14(2,3)12(13-19-7-8-20-13)10-5-4-6-11(9-10)15(16,17)18/h4-9H,1-3H3. The van der Waals surface area contributed by atoms with E-state index in [1.165, 1.54) is 18.5 Å². The van der Waals surface area contributed by atoms with Crippen molar-refractivity contribution in [2.75, 3.05) is 0 Å². The van der Waals surface area contributed by atoms with Gasteiger partial charge < -0.3 is 4.42 Å². The Kier molecular flexibility index (Phi) is 3.63. The Hall–Kier alpha value is -1.78. The van der Waals surface area contributed by atoms with Gasteiger partial charge in [0.2, 0.25) is 5.89 Å². The first kappa shape index (κ1) is 14.6. The molecule has 20 heavy (non-hydrogen) atoms. The SMILES string of the molecule is CC(C)(C)[C](c1cccc(C(F)(F)F)c1)c1ncco1. The number of hydrogen-bond donors (Lipinski definition) is 0. The minimum absolute atomic E-state index is 0.344. The van der Waals surface area contributed by atoms with Gasteiger partial charge in [-0.05, 0) is 17.0 Å². The van der Waals surface area contributed by atoms with Crippen LogP contribution < -0.4 is 0 Å². The number of halogens is 3. The van der Waals surface area contributed by atoms with E-state index in [1.807, 2.05) is 20.8 Å². The fraction of sp³-hybridized carbons (Fsp3) is 0.333. The maximum Gasteiger partial charge on any atom is 0.416 e. The van der Waals surface area contributed by atoms with Crippen molar-refractivity contribution < 1.29 is 17.6 Å². The van der Waals surface area contributed by atoms with Crippen LogP contribution in [0, 0.1) is 11.3 Å². The Morgan fingerprint density at radius 2 is 1.85 bits per heavy atom. The summed E-state index contributed by atoms with van der Waals surface area (Å²) in [7, 11) is 0. The summed E-state index contributed by atoms with van der Waals surface area (Å²) in [5, 5.41) is 0. The first-order valence-electron chi connectivity index (χ1n) is 6.14. The molecule has 0 spiro atoms. The molecule has 0 saturated carbocycles. The number of rotatable bonds is 2. The van der Waals surface area contributed by atoms with Crippen molar-refractivity contribution in [3.05, 3.63) is 59.7 Å². The smallest absolute Gasteiger partial charge is 0.416 e. The van der Waals surface area contributed by atoms with Gasteiger partial charge in [0, 0.05) is 0 Å². The number of alkyl halides is 3. The van der Waals surface area contributed by atoms with Crippen molar-refractivity contribution in [1.29, 1.82) is 0 Å². The van der Waals surface area contributed by atoms with Crippen LogP contribution >= 0.6 is 0 Å². The predicted molar refractivity (Wildman–Crippen MR) is 68.8 cm³/mol. The number of nitrogens with zero attached hydrogens (tertiary/aromatic N) is 1. The van der Waals surface area contributed by atoms with E-state index in [1.54, 1.807) is 6.07 Å². The first-order valence-corrected chi connectivity index (χ1v) is 6.14. The lowest BCUT2D eigenvalue weighted by atomic mass is 9.76. The molecule has 2 aromatic rings. The molecule has 0 unspecified atom stereocenters. The van der Waals surface area contributed by atoms with E-state index < -0.39 is 17.2 Å². The van der Waals surface area contributed by atoms with E-state index in [4.69, 9.17) is 4.42 Å². The molecule has 0 aliphatic carbocycles. The first-order chi connectivity index (χ1) is 9.19. The van der Waals surface area contributed by atoms with Crippen LogP contribution in [-0.2, 0) is 6.18 Å². The van der Waals surface area contributed by atoms with Gasteiger partial charge in [0.25, 0.3) is 0 Å². The van der Waals surface area contributed by atoms with E-state index in [-0.39, 0.29) is 0 Å². The second kappa shape index (κ2) is 4.96. The summed E-state index contributed by atoms with van der Waals surface area (Å²) >= 11 is 0. The van der Waals surface area contributed by atoms with Crippen molar-refractivity contribution in [3.8, 4) is 0 Å². The highest BCUT2D eigenvalue weighted by Crippen LogP contribution is 2.40. The third-order valence-electron chi connectivity index (χ3n) is 2.87. The Morgan fingerprint density at radius 1 is 1.15 bits per heavy atom. The normalized spacial score (nSPS) is 12.9. The molecule has 0 fully saturated rings. The second-order valence-electron chi connectivity index (χ2n) is 5.54. The molecule has 1 heterocycles. The van der Waals surface area contributed by atoms with Gasteiger partial charge in [0.1, 0.15) is 6.26 Å². The van der Waals surface area contributed by atoms with Crippen LogP contribution in [0.5, 0.6) is 0 Å².